The molecule has 7 heteroatoms. The standard InChI is InChI=1S/C8H5BrF3NOS/c9-5-3-1-2-4-6(5)15-13-7(14)8(10,11)12/h1-4H,(H,13,14). The van der Waals surface area contributed by atoms with E-state index < -0.39 is 12.1 Å². The summed E-state index contributed by atoms with van der Waals surface area (Å²) in [7, 11) is 0. The van der Waals surface area contributed by atoms with Crippen LogP contribution in [0.15, 0.2) is 33.6 Å². The molecule has 15 heavy (non-hydrogen) atoms. The third kappa shape index (κ3) is 3.75. The Bertz CT molecular complexity index is 369. The van der Waals surface area contributed by atoms with Crippen molar-refractivity contribution in [3.8, 4) is 0 Å². The summed E-state index contributed by atoms with van der Waals surface area (Å²) >= 11 is 3.76. The smallest absolute Gasteiger partial charge is 0.288 e. The van der Waals surface area contributed by atoms with Crippen molar-refractivity contribution in [2.75, 3.05) is 0 Å². The zero-order chi connectivity index (χ0) is 11.5. The Morgan fingerprint density at radius 2 is 1.93 bits per heavy atom. The van der Waals surface area contributed by atoms with Crippen LogP contribution in [0.5, 0.6) is 0 Å². The van der Waals surface area contributed by atoms with Gasteiger partial charge in [0.05, 0.1) is 0 Å². The largest absolute Gasteiger partial charge is 0.472 e. The van der Waals surface area contributed by atoms with E-state index in [1.807, 2.05) is 0 Å². The number of amides is 1. The molecule has 0 aliphatic rings. The number of benzene rings is 1. The number of carbonyl (C=O) groups excluding carboxylic acids is 1. The van der Waals surface area contributed by atoms with Crippen LogP contribution >= 0.6 is 27.9 Å². The summed E-state index contributed by atoms with van der Waals surface area (Å²) in [6.07, 6.45) is -4.85. The minimum absolute atomic E-state index is 0.509. The number of alkyl halides is 3. The quantitative estimate of drug-likeness (QED) is 0.850. The second kappa shape index (κ2) is 4.89. The molecule has 0 saturated carbocycles. The summed E-state index contributed by atoms with van der Waals surface area (Å²) in [6, 6.07) is 6.64. The van der Waals surface area contributed by atoms with Crippen molar-refractivity contribution < 1.29 is 18.0 Å². The van der Waals surface area contributed by atoms with E-state index in [-0.39, 0.29) is 0 Å². The van der Waals surface area contributed by atoms with Crippen LogP contribution in [0.2, 0.25) is 0 Å². The molecule has 0 aromatic heterocycles. The van der Waals surface area contributed by atoms with Crippen molar-refractivity contribution in [1.82, 2.24) is 4.72 Å². The van der Waals surface area contributed by atoms with Gasteiger partial charge >= 0.3 is 12.1 Å². The highest BCUT2D eigenvalue weighted by molar-refractivity contribution is 9.10. The zero-order valence-electron chi connectivity index (χ0n) is 7.14. The summed E-state index contributed by atoms with van der Waals surface area (Å²) in [4.78, 5) is 11.0. The molecule has 0 unspecified atom stereocenters. The highest BCUT2D eigenvalue weighted by atomic mass is 79.9. The molecular weight excluding hydrogens is 295 g/mol. The van der Waals surface area contributed by atoms with Gasteiger partial charge in [0.15, 0.2) is 0 Å². The second-order valence-electron chi connectivity index (χ2n) is 2.46. The SMILES string of the molecule is O=C(NSc1ccccc1Br)C(F)(F)F. The lowest BCUT2D eigenvalue weighted by Crippen LogP contribution is -2.32. The van der Waals surface area contributed by atoms with E-state index in [1.165, 1.54) is 0 Å². The van der Waals surface area contributed by atoms with Crippen LogP contribution in [-0.4, -0.2) is 12.1 Å². The van der Waals surface area contributed by atoms with E-state index in [4.69, 9.17) is 0 Å². The molecule has 1 rings (SSSR count). The molecule has 0 radical (unpaired) electrons. The van der Waals surface area contributed by atoms with Gasteiger partial charge in [0.2, 0.25) is 0 Å². The third-order valence-corrected chi connectivity index (χ3v) is 3.17. The van der Waals surface area contributed by atoms with E-state index >= 15 is 0 Å². The molecule has 1 amide bonds. The maximum atomic E-state index is 11.8. The van der Waals surface area contributed by atoms with Gasteiger partial charge in [-0.1, -0.05) is 12.1 Å². The molecule has 0 aliphatic heterocycles. The lowest BCUT2D eigenvalue weighted by Gasteiger charge is -2.07. The van der Waals surface area contributed by atoms with E-state index in [1.54, 1.807) is 29.0 Å². The molecule has 0 saturated heterocycles. The van der Waals surface area contributed by atoms with E-state index in [0.29, 0.717) is 21.3 Å². The number of nitrogens with one attached hydrogen (secondary N) is 1. The highest BCUT2D eigenvalue weighted by Gasteiger charge is 2.38. The predicted octanol–water partition coefficient (Wildman–Crippen LogP) is 3.13. The first kappa shape index (κ1) is 12.4. The van der Waals surface area contributed by atoms with Gasteiger partial charge in [0.25, 0.3) is 0 Å². The number of halogens is 4. The van der Waals surface area contributed by atoms with Crippen molar-refractivity contribution >= 4 is 33.8 Å². The van der Waals surface area contributed by atoms with Gasteiger partial charge in [-0.3, -0.25) is 9.52 Å². The molecule has 0 atom stereocenters. The molecular formula is C8H5BrF3NOS. The second-order valence-corrected chi connectivity index (χ2v) is 4.16. The fraction of sp³-hybridized carbons (Fsp3) is 0.125. The van der Waals surface area contributed by atoms with Crippen LogP contribution in [0.4, 0.5) is 13.2 Å². The minimum atomic E-state index is -4.85. The number of hydrogen-bond acceptors (Lipinski definition) is 2. The zero-order valence-corrected chi connectivity index (χ0v) is 9.54. The van der Waals surface area contributed by atoms with Gasteiger partial charge in [0.1, 0.15) is 0 Å². The third-order valence-electron chi connectivity index (χ3n) is 1.35. The van der Waals surface area contributed by atoms with Crippen LogP contribution in [0.1, 0.15) is 0 Å². The summed E-state index contributed by atoms with van der Waals surface area (Å²) in [5.74, 6) is -1.97. The number of carbonyl (C=O) groups is 1. The van der Waals surface area contributed by atoms with E-state index in [2.05, 4.69) is 15.9 Å². The number of rotatable bonds is 2. The van der Waals surface area contributed by atoms with Crippen LogP contribution < -0.4 is 4.72 Å². The highest BCUT2D eigenvalue weighted by Crippen LogP contribution is 2.26. The first-order valence-electron chi connectivity index (χ1n) is 3.70. The van der Waals surface area contributed by atoms with Crippen molar-refractivity contribution in [3.63, 3.8) is 0 Å². The average molecular weight is 300 g/mol. The first-order chi connectivity index (χ1) is 6.91. The molecule has 0 heterocycles. The van der Waals surface area contributed by atoms with Crippen molar-refractivity contribution in [1.29, 1.82) is 0 Å². The lowest BCUT2D eigenvalue weighted by molar-refractivity contribution is -0.171. The Labute approximate surface area is 96.5 Å². The van der Waals surface area contributed by atoms with Crippen molar-refractivity contribution in [2.24, 2.45) is 0 Å². The Morgan fingerprint density at radius 1 is 1.33 bits per heavy atom. The van der Waals surface area contributed by atoms with Gasteiger partial charge in [0, 0.05) is 9.37 Å². The van der Waals surface area contributed by atoms with Crippen LogP contribution in [0.3, 0.4) is 0 Å². The number of hydrogen-bond donors (Lipinski definition) is 1. The average Bonchev–Trinajstić information content (AvgIpc) is 2.14. The van der Waals surface area contributed by atoms with Crippen LogP contribution in [0, 0.1) is 0 Å². The molecule has 1 aromatic rings. The lowest BCUT2D eigenvalue weighted by atomic mass is 10.4. The van der Waals surface area contributed by atoms with Gasteiger partial charge < -0.3 is 0 Å². The predicted molar refractivity (Wildman–Crippen MR) is 54.2 cm³/mol. The van der Waals surface area contributed by atoms with Crippen molar-refractivity contribution in [2.45, 2.75) is 11.1 Å². The molecule has 2 nitrogen and oxygen atoms in total. The molecule has 82 valence electrons. The molecule has 0 aliphatic carbocycles. The van der Waals surface area contributed by atoms with Gasteiger partial charge in [-0.25, -0.2) is 0 Å². The van der Waals surface area contributed by atoms with E-state index in [0.717, 1.165) is 0 Å². The molecule has 1 aromatic carbocycles. The minimum Gasteiger partial charge on any atom is -0.288 e. The van der Waals surface area contributed by atoms with E-state index in [9.17, 15) is 18.0 Å². The summed E-state index contributed by atoms with van der Waals surface area (Å²) in [6.45, 7) is 0. The summed E-state index contributed by atoms with van der Waals surface area (Å²) < 4.78 is 37.8. The Kier molecular flexibility index (Phi) is 4.04. The topological polar surface area (TPSA) is 29.1 Å². The Morgan fingerprint density at radius 3 is 2.47 bits per heavy atom. The molecule has 0 fully saturated rings. The van der Waals surface area contributed by atoms with Gasteiger partial charge in [-0.05, 0) is 40.0 Å². The molecule has 0 bridgehead atoms. The maximum absolute atomic E-state index is 11.8. The maximum Gasteiger partial charge on any atom is 0.472 e. The van der Waals surface area contributed by atoms with Gasteiger partial charge in [-0.15, -0.1) is 0 Å². The van der Waals surface area contributed by atoms with Crippen LogP contribution in [-0.2, 0) is 4.79 Å². The summed E-state index contributed by atoms with van der Waals surface area (Å²) in [5.41, 5.74) is 0. The molecule has 1 N–H and O–H groups in total. The van der Waals surface area contributed by atoms with Gasteiger partial charge in [-0.2, -0.15) is 13.2 Å². The fourth-order valence-electron chi connectivity index (χ4n) is 0.687. The normalized spacial score (nSPS) is 11.2. The fourth-order valence-corrected chi connectivity index (χ4v) is 1.84. The first-order valence-corrected chi connectivity index (χ1v) is 5.31. The summed E-state index contributed by atoms with van der Waals surface area (Å²) in [5, 5.41) is 0. The van der Waals surface area contributed by atoms with Crippen molar-refractivity contribution in [3.05, 3.63) is 28.7 Å². The Hall–Kier alpha value is -0.690. The Balaban J connectivity index is 2.59. The monoisotopic (exact) mass is 299 g/mol. The molecule has 0 spiro atoms. The van der Waals surface area contributed by atoms with Crippen LogP contribution in [0.25, 0.3) is 0 Å².